The number of ether oxygens (including phenoxy) is 1. The number of aromatic nitrogens is 2. The fraction of sp³-hybridized carbons (Fsp3) is 0.450. The number of amides is 2. The molecule has 1 aliphatic rings. The van der Waals surface area contributed by atoms with Crippen LogP contribution in [0.1, 0.15) is 36.8 Å². The number of hydrogen-bond acceptors (Lipinski definition) is 7. The number of aromatic amines is 1. The van der Waals surface area contributed by atoms with Crippen molar-refractivity contribution in [3.8, 4) is 0 Å². The molecular formula is C20H26N6O5. The summed E-state index contributed by atoms with van der Waals surface area (Å²) < 4.78 is 5.41. The average Bonchev–Trinajstić information content (AvgIpc) is 3.19. The van der Waals surface area contributed by atoms with Gasteiger partial charge >= 0.3 is 11.8 Å². The van der Waals surface area contributed by atoms with E-state index in [0.717, 1.165) is 24.8 Å². The minimum atomic E-state index is -0.663. The van der Waals surface area contributed by atoms with E-state index in [2.05, 4.69) is 20.4 Å². The van der Waals surface area contributed by atoms with Gasteiger partial charge in [-0.15, -0.1) is 0 Å². The third-order valence-corrected chi connectivity index (χ3v) is 4.69. The summed E-state index contributed by atoms with van der Waals surface area (Å²) in [4.78, 5) is 38.6. The molecule has 1 aromatic carbocycles. The second-order valence-electron chi connectivity index (χ2n) is 8.28. The molecule has 3 rings (SSSR count). The number of carbonyl (C=O) groups excluding carboxylic acids is 2. The average molecular weight is 430 g/mol. The van der Waals surface area contributed by atoms with Crippen molar-refractivity contribution in [2.45, 2.75) is 32.9 Å². The fourth-order valence-corrected chi connectivity index (χ4v) is 3.15. The van der Waals surface area contributed by atoms with E-state index in [1.165, 1.54) is 0 Å². The number of rotatable bonds is 5. The molecule has 0 spiro atoms. The molecule has 0 atom stereocenters. The Labute approximate surface area is 179 Å². The number of piperazine rings is 1. The van der Waals surface area contributed by atoms with Crippen LogP contribution in [0.15, 0.2) is 30.5 Å². The number of benzene rings is 1. The molecule has 11 heteroatoms. The minimum Gasteiger partial charge on any atom is -0.444 e. The van der Waals surface area contributed by atoms with Gasteiger partial charge in [-0.3, -0.25) is 24.9 Å². The van der Waals surface area contributed by atoms with E-state index in [1.54, 1.807) is 17.0 Å². The first kappa shape index (κ1) is 22.2. The number of hydrogen-bond donors (Lipinski definition) is 2. The minimum absolute atomic E-state index is 0.197. The van der Waals surface area contributed by atoms with E-state index < -0.39 is 16.4 Å². The lowest BCUT2D eigenvalue weighted by Gasteiger charge is -2.35. The maximum atomic E-state index is 12.2. The molecule has 0 unspecified atom stereocenters. The van der Waals surface area contributed by atoms with Crippen LogP contribution in [-0.2, 0) is 11.3 Å². The summed E-state index contributed by atoms with van der Waals surface area (Å²) in [5.74, 6) is -0.629. The van der Waals surface area contributed by atoms with Crippen LogP contribution in [0.4, 0.5) is 16.2 Å². The third kappa shape index (κ3) is 6.01. The quantitative estimate of drug-likeness (QED) is 0.550. The molecule has 2 heterocycles. The molecule has 2 aromatic rings. The zero-order valence-electron chi connectivity index (χ0n) is 17.8. The molecule has 31 heavy (non-hydrogen) atoms. The first-order valence-electron chi connectivity index (χ1n) is 9.91. The maximum absolute atomic E-state index is 12.2. The molecule has 1 aliphatic heterocycles. The van der Waals surface area contributed by atoms with Crippen LogP contribution < -0.4 is 5.32 Å². The van der Waals surface area contributed by atoms with Gasteiger partial charge in [-0.05, 0) is 38.5 Å². The molecule has 1 fully saturated rings. The molecule has 0 radical (unpaired) electrons. The standard InChI is InChI=1S/C20H26N6O5/c1-20(2,3)31-19(28)25-10-8-24(9-11-25)13-14-4-6-15(7-5-14)22-18(27)17-16(26(29)30)12-21-23-17/h4-7,12H,8-11,13H2,1-3H3,(H,21,23)(H,22,27). The zero-order valence-corrected chi connectivity index (χ0v) is 17.8. The second kappa shape index (κ2) is 9.13. The monoisotopic (exact) mass is 430 g/mol. The molecular weight excluding hydrogens is 404 g/mol. The van der Waals surface area contributed by atoms with Crippen molar-refractivity contribution >= 4 is 23.4 Å². The lowest BCUT2D eigenvalue weighted by atomic mass is 10.1. The van der Waals surface area contributed by atoms with Crippen molar-refractivity contribution in [3.63, 3.8) is 0 Å². The van der Waals surface area contributed by atoms with Crippen LogP contribution in [0.5, 0.6) is 0 Å². The van der Waals surface area contributed by atoms with E-state index in [4.69, 9.17) is 4.74 Å². The smallest absolute Gasteiger partial charge is 0.410 e. The summed E-state index contributed by atoms with van der Waals surface area (Å²) in [5, 5.41) is 19.4. The highest BCUT2D eigenvalue weighted by Gasteiger charge is 2.26. The lowest BCUT2D eigenvalue weighted by Crippen LogP contribution is -2.49. The van der Waals surface area contributed by atoms with E-state index in [0.29, 0.717) is 25.3 Å². The molecule has 2 amide bonds. The molecule has 2 N–H and O–H groups in total. The van der Waals surface area contributed by atoms with Crippen molar-refractivity contribution in [1.29, 1.82) is 0 Å². The number of carbonyl (C=O) groups is 2. The van der Waals surface area contributed by atoms with Gasteiger partial charge in [0.1, 0.15) is 11.8 Å². The largest absolute Gasteiger partial charge is 0.444 e. The van der Waals surface area contributed by atoms with Crippen LogP contribution in [0.25, 0.3) is 0 Å². The Morgan fingerprint density at radius 3 is 2.42 bits per heavy atom. The van der Waals surface area contributed by atoms with Gasteiger partial charge < -0.3 is 15.0 Å². The van der Waals surface area contributed by atoms with Crippen molar-refractivity contribution in [1.82, 2.24) is 20.0 Å². The maximum Gasteiger partial charge on any atom is 0.410 e. The third-order valence-electron chi connectivity index (χ3n) is 4.69. The van der Waals surface area contributed by atoms with Crippen molar-refractivity contribution < 1.29 is 19.2 Å². The Bertz CT molecular complexity index is 942. The highest BCUT2D eigenvalue weighted by atomic mass is 16.6. The molecule has 11 nitrogen and oxygen atoms in total. The van der Waals surface area contributed by atoms with E-state index in [1.807, 2.05) is 32.9 Å². The summed E-state index contributed by atoms with van der Waals surface area (Å²) in [6.45, 7) is 8.94. The van der Waals surface area contributed by atoms with E-state index >= 15 is 0 Å². The summed E-state index contributed by atoms with van der Waals surface area (Å²) in [6.07, 6.45) is 0.713. The zero-order chi connectivity index (χ0) is 22.6. The van der Waals surface area contributed by atoms with Gasteiger partial charge in [0.25, 0.3) is 5.91 Å². The summed E-state index contributed by atoms with van der Waals surface area (Å²) in [6, 6.07) is 7.26. The van der Waals surface area contributed by atoms with Gasteiger partial charge in [0.15, 0.2) is 0 Å². The predicted octanol–water partition coefficient (Wildman–Crippen LogP) is 2.62. The molecule has 1 aromatic heterocycles. The van der Waals surface area contributed by atoms with Gasteiger partial charge in [-0.25, -0.2) is 4.79 Å². The molecule has 0 bridgehead atoms. The summed E-state index contributed by atoms with van der Waals surface area (Å²) >= 11 is 0. The van der Waals surface area contributed by atoms with Crippen molar-refractivity contribution in [3.05, 3.63) is 51.8 Å². The summed E-state index contributed by atoms with van der Waals surface area (Å²) in [7, 11) is 0. The fourth-order valence-electron chi connectivity index (χ4n) is 3.15. The Kier molecular flexibility index (Phi) is 6.54. The Balaban J connectivity index is 1.50. The molecule has 0 aliphatic carbocycles. The van der Waals surface area contributed by atoms with E-state index in [9.17, 15) is 19.7 Å². The highest BCUT2D eigenvalue weighted by molar-refractivity contribution is 6.05. The topological polar surface area (TPSA) is 134 Å². The predicted molar refractivity (Wildman–Crippen MR) is 113 cm³/mol. The van der Waals surface area contributed by atoms with Crippen LogP contribution in [0.2, 0.25) is 0 Å². The molecule has 1 saturated heterocycles. The Morgan fingerprint density at radius 2 is 1.84 bits per heavy atom. The number of anilines is 1. The normalized spacial score (nSPS) is 14.9. The van der Waals surface area contributed by atoms with E-state index in [-0.39, 0.29) is 17.5 Å². The first-order valence-corrected chi connectivity index (χ1v) is 9.91. The lowest BCUT2D eigenvalue weighted by molar-refractivity contribution is -0.385. The van der Waals surface area contributed by atoms with Gasteiger partial charge in [-0.1, -0.05) is 12.1 Å². The van der Waals surface area contributed by atoms with Crippen LogP contribution in [-0.4, -0.2) is 68.7 Å². The van der Waals surface area contributed by atoms with Gasteiger partial charge in [-0.2, -0.15) is 5.10 Å². The highest BCUT2D eigenvalue weighted by Crippen LogP contribution is 2.18. The van der Waals surface area contributed by atoms with Crippen molar-refractivity contribution in [2.75, 3.05) is 31.5 Å². The second-order valence-corrected chi connectivity index (χ2v) is 8.28. The number of nitrogens with zero attached hydrogens (tertiary/aromatic N) is 4. The van der Waals surface area contributed by atoms with Gasteiger partial charge in [0, 0.05) is 38.4 Å². The van der Waals surface area contributed by atoms with Gasteiger partial charge in [0.05, 0.1) is 4.92 Å². The first-order chi connectivity index (χ1) is 14.6. The van der Waals surface area contributed by atoms with Gasteiger partial charge in [0.2, 0.25) is 5.69 Å². The Morgan fingerprint density at radius 1 is 1.19 bits per heavy atom. The van der Waals surface area contributed by atoms with Crippen LogP contribution in [0, 0.1) is 10.1 Å². The Hall–Kier alpha value is -3.47. The molecule has 166 valence electrons. The summed E-state index contributed by atoms with van der Waals surface area (Å²) in [5.41, 5.74) is 0.494. The van der Waals surface area contributed by atoms with Crippen LogP contribution in [0.3, 0.4) is 0 Å². The number of nitrogens with one attached hydrogen (secondary N) is 2. The molecule has 0 saturated carbocycles. The van der Waals surface area contributed by atoms with Crippen molar-refractivity contribution in [2.24, 2.45) is 0 Å². The SMILES string of the molecule is CC(C)(C)OC(=O)N1CCN(Cc2ccc(NC(=O)c3[nH]ncc3[N+](=O)[O-])cc2)CC1. The van der Waals surface area contributed by atoms with Crippen LogP contribution >= 0.6 is 0 Å². The number of H-pyrrole nitrogens is 1. The number of nitro groups is 1.